The summed E-state index contributed by atoms with van der Waals surface area (Å²) in [7, 11) is -4.58. The second-order valence-corrected chi connectivity index (χ2v) is 7.23. The molecule has 1 aromatic carbocycles. The van der Waals surface area contributed by atoms with Crippen LogP contribution in [0.5, 0.6) is 0 Å². The molecule has 5 N–H and O–H groups in total. The zero-order valence-corrected chi connectivity index (χ0v) is 15.5. The highest BCUT2D eigenvalue weighted by Gasteiger charge is 2.23. The molecule has 0 aliphatic heterocycles. The number of nitrogens with two attached hydrogens (primary N) is 1. The molecule has 10 heteroatoms. The van der Waals surface area contributed by atoms with E-state index in [0.29, 0.717) is 23.7 Å². The summed E-state index contributed by atoms with van der Waals surface area (Å²) in [5.41, 5.74) is 8.19. The van der Waals surface area contributed by atoms with Gasteiger partial charge in [0.25, 0.3) is 0 Å². The van der Waals surface area contributed by atoms with Crippen molar-refractivity contribution in [3.63, 3.8) is 0 Å². The van der Waals surface area contributed by atoms with E-state index in [2.05, 4.69) is 15.3 Å². The molecule has 3 rings (SSSR count). The lowest BCUT2D eigenvalue weighted by molar-refractivity contribution is 0.132. The lowest BCUT2D eigenvalue weighted by Crippen LogP contribution is -2.21. The molecule has 0 bridgehead atoms. The van der Waals surface area contributed by atoms with E-state index in [1.54, 1.807) is 6.92 Å². The Morgan fingerprint density at radius 1 is 1.35 bits per heavy atom. The van der Waals surface area contributed by atoms with Crippen molar-refractivity contribution in [3.8, 4) is 0 Å². The molecule has 0 aliphatic rings. The van der Waals surface area contributed by atoms with Crippen molar-refractivity contribution in [1.82, 2.24) is 19.9 Å². The maximum absolute atomic E-state index is 11.2. The predicted octanol–water partition coefficient (Wildman–Crippen LogP) is 1.77. The topological polar surface area (TPSA) is 136 Å². The molecule has 26 heavy (non-hydrogen) atoms. The van der Waals surface area contributed by atoms with Crippen LogP contribution < -0.4 is 11.1 Å². The molecule has 1 atom stereocenters. The highest BCUT2D eigenvalue weighted by atomic mass is 31.2. The minimum absolute atomic E-state index is 0.218. The van der Waals surface area contributed by atoms with Crippen LogP contribution >= 0.6 is 7.82 Å². The third-order valence-electron chi connectivity index (χ3n) is 3.98. The lowest BCUT2D eigenvalue weighted by Gasteiger charge is -2.17. The normalized spacial score (nSPS) is 13.5. The van der Waals surface area contributed by atoms with Gasteiger partial charge in [-0.2, -0.15) is 0 Å². The van der Waals surface area contributed by atoms with Crippen LogP contribution in [-0.4, -0.2) is 37.0 Å². The summed E-state index contributed by atoms with van der Waals surface area (Å²) in [4.78, 5) is 27.2. The van der Waals surface area contributed by atoms with Gasteiger partial charge in [-0.25, -0.2) is 14.5 Å². The number of hydrogen-bond donors (Lipinski definition) is 4. The van der Waals surface area contributed by atoms with Crippen LogP contribution in [0.3, 0.4) is 0 Å². The quantitative estimate of drug-likeness (QED) is 0.456. The van der Waals surface area contributed by atoms with Gasteiger partial charge in [-0.15, -0.1) is 0 Å². The number of para-hydroxylation sites is 1. The molecule has 0 spiro atoms. The Hall–Kier alpha value is -2.03. The maximum Gasteiger partial charge on any atom is 0.469 e. The average Bonchev–Trinajstić information content (AvgIpc) is 2.90. The van der Waals surface area contributed by atoms with Crippen molar-refractivity contribution in [2.45, 2.75) is 33.0 Å². The molecular formula is C16H22N5O4P. The molecule has 0 radical (unpaired) electrons. The zero-order valence-electron chi connectivity index (χ0n) is 14.6. The van der Waals surface area contributed by atoms with Crippen LogP contribution in [0.2, 0.25) is 0 Å². The average molecular weight is 379 g/mol. The number of rotatable bonds is 7. The SMILES string of the molecule is CCNCc1nc2c(N)nc3ccccc3c2n1CC(C)OP(=O)(O)O. The summed E-state index contributed by atoms with van der Waals surface area (Å²) in [6, 6.07) is 7.56. The van der Waals surface area contributed by atoms with E-state index in [1.807, 2.05) is 35.8 Å². The highest BCUT2D eigenvalue weighted by Crippen LogP contribution is 2.38. The molecule has 0 amide bonds. The number of hydrogen-bond acceptors (Lipinski definition) is 6. The minimum atomic E-state index is -4.58. The molecule has 2 heterocycles. The van der Waals surface area contributed by atoms with Crippen LogP contribution in [0.25, 0.3) is 21.9 Å². The van der Waals surface area contributed by atoms with Gasteiger partial charge < -0.3 is 25.4 Å². The van der Waals surface area contributed by atoms with Crippen molar-refractivity contribution in [3.05, 3.63) is 30.1 Å². The van der Waals surface area contributed by atoms with Gasteiger partial charge in [-0.05, 0) is 19.5 Å². The third-order valence-corrected chi connectivity index (χ3v) is 4.61. The molecule has 0 saturated carbocycles. The first-order chi connectivity index (χ1) is 12.3. The lowest BCUT2D eigenvalue weighted by atomic mass is 10.2. The first-order valence-corrected chi connectivity index (χ1v) is 9.81. The summed E-state index contributed by atoms with van der Waals surface area (Å²) in [5.74, 6) is 1.02. The second-order valence-electron chi connectivity index (χ2n) is 6.04. The number of imidazole rings is 1. The fourth-order valence-corrected chi connectivity index (χ4v) is 3.53. The highest BCUT2D eigenvalue weighted by molar-refractivity contribution is 7.46. The first kappa shape index (κ1) is 18.8. The minimum Gasteiger partial charge on any atom is -0.382 e. The van der Waals surface area contributed by atoms with Crippen LogP contribution in [-0.2, 0) is 22.2 Å². The van der Waals surface area contributed by atoms with Gasteiger partial charge in [-0.1, -0.05) is 25.1 Å². The number of pyridine rings is 1. The van der Waals surface area contributed by atoms with E-state index in [1.165, 1.54) is 0 Å². The maximum atomic E-state index is 11.2. The van der Waals surface area contributed by atoms with E-state index in [9.17, 15) is 4.57 Å². The van der Waals surface area contributed by atoms with Crippen LogP contribution in [0, 0.1) is 0 Å². The van der Waals surface area contributed by atoms with Gasteiger partial charge in [0.1, 0.15) is 11.3 Å². The van der Waals surface area contributed by atoms with E-state index >= 15 is 0 Å². The van der Waals surface area contributed by atoms with Crippen LogP contribution in [0.4, 0.5) is 5.82 Å². The predicted molar refractivity (Wildman–Crippen MR) is 99.4 cm³/mol. The molecular weight excluding hydrogens is 357 g/mol. The number of benzene rings is 1. The van der Waals surface area contributed by atoms with Crippen LogP contribution in [0.1, 0.15) is 19.7 Å². The van der Waals surface area contributed by atoms with Gasteiger partial charge in [0.05, 0.1) is 30.2 Å². The number of fused-ring (bicyclic) bond motifs is 3. The monoisotopic (exact) mass is 379 g/mol. The van der Waals surface area contributed by atoms with Crippen molar-refractivity contribution in [2.24, 2.45) is 0 Å². The van der Waals surface area contributed by atoms with Gasteiger partial charge in [0.2, 0.25) is 0 Å². The fourth-order valence-electron chi connectivity index (χ4n) is 3.00. The summed E-state index contributed by atoms with van der Waals surface area (Å²) in [6.07, 6.45) is -0.721. The van der Waals surface area contributed by atoms with Crippen molar-refractivity contribution in [1.29, 1.82) is 0 Å². The first-order valence-electron chi connectivity index (χ1n) is 8.28. The molecule has 9 nitrogen and oxygen atoms in total. The number of phosphoric acid groups is 1. The number of aromatic nitrogens is 3. The Bertz CT molecular complexity index is 984. The van der Waals surface area contributed by atoms with E-state index < -0.39 is 13.9 Å². The summed E-state index contributed by atoms with van der Waals surface area (Å²) >= 11 is 0. The molecule has 1 unspecified atom stereocenters. The Labute approximate surface area is 150 Å². The van der Waals surface area contributed by atoms with E-state index in [-0.39, 0.29) is 6.54 Å². The summed E-state index contributed by atoms with van der Waals surface area (Å²) < 4.78 is 17.9. The standard InChI is InChI=1S/C16H22N5O4P/c1-3-18-8-13-20-14-15(21(13)9-10(2)25-26(22,23)24)11-6-4-5-7-12(11)19-16(14)17/h4-7,10,18H,3,8-9H2,1-2H3,(H2,17,19)(H2,22,23,24). The fraction of sp³-hybridized carbons (Fsp3) is 0.375. The zero-order chi connectivity index (χ0) is 18.9. The Balaban J connectivity index is 2.17. The molecule has 3 aromatic rings. The summed E-state index contributed by atoms with van der Waals surface area (Å²) in [6.45, 7) is 5.05. The molecule has 0 aliphatic carbocycles. The van der Waals surface area contributed by atoms with E-state index in [4.69, 9.17) is 20.0 Å². The Morgan fingerprint density at radius 2 is 2.08 bits per heavy atom. The van der Waals surface area contributed by atoms with Crippen molar-refractivity contribution < 1.29 is 18.9 Å². The number of anilines is 1. The van der Waals surface area contributed by atoms with Crippen LogP contribution in [0.15, 0.2) is 24.3 Å². The molecule has 0 fully saturated rings. The molecule has 0 saturated heterocycles. The van der Waals surface area contributed by atoms with Gasteiger partial charge in [0.15, 0.2) is 5.82 Å². The number of nitrogens with zero attached hydrogens (tertiary/aromatic N) is 3. The van der Waals surface area contributed by atoms with Gasteiger partial charge in [0, 0.05) is 5.39 Å². The largest absolute Gasteiger partial charge is 0.469 e. The van der Waals surface area contributed by atoms with Crippen molar-refractivity contribution in [2.75, 3.05) is 12.3 Å². The third kappa shape index (κ3) is 3.87. The van der Waals surface area contributed by atoms with Crippen molar-refractivity contribution >= 4 is 35.6 Å². The van der Waals surface area contributed by atoms with Gasteiger partial charge >= 0.3 is 7.82 Å². The van der Waals surface area contributed by atoms with E-state index in [0.717, 1.165) is 23.0 Å². The smallest absolute Gasteiger partial charge is 0.382 e. The number of nitrogen functional groups attached to an aromatic ring is 1. The second kappa shape index (κ2) is 7.30. The molecule has 140 valence electrons. The number of nitrogens with one attached hydrogen (secondary N) is 1. The molecule has 2 aromatic heterocycles. The van der Waals surface area contributed by atoms with Gasteiger partial charge in [-0.3, -0.25) is 4.52 Å². The Morgan fingerprint density at radius 3 is 2.77 bits per heavy atom. The summed E-state index contributed by atoms with van der Waals surface area (Å²) in [5, 5.41) is 4.09. The number of phosphoric ester groups is 1. The Kier molecular flexibility index (Phi) is 5.27.